The number of para-hydroxylation sites is 1. The van der Waals surface area contributed by atoms with E-state index in [-0.39, 0.29) is 5.91 Å². The van der Waals surface area contributed by atoms with Gasteiger partial charge in [-0.2, -0.15) is 0 Å². The molecule has 1 aromatic heterocycles. The second kappa shape index (κ2) is 5.41. The van der Waals surface area contributed by atoms with Crippen LogP contribution in [0.4, 0.5) is 0 Å². The Morgan fingerprint density at radius 2 is 1.86 bits per heavy atom. The van der Waals surface area contributed by atoms with E-state index < -0.39 is 5.79 Å². The van der Waals surface area contributed by atoms with Crippen LogP contribution in [0, 0.1) is 0 Å². The summed E-state index contributed by atoms with van der Waals surface area (Å²) in [6.45, 7) is 2.70. The van der Waals surface area contributed by atoms with Crippen molar-refractivity contribution < 1.29 is 18.7 Å². The molecule has 0 saturated carbocycles. The molecular formula is C17H19NO4. The highest BCUT2D eigenvalue weighted by atomic mass is 16.7. The van der Waals surface area contributed by atoms with Crippen LogP contribution in [0.2, 0.25) is 0 Å². The van der Waals surface area contributed by atoms with Crippen LogP contribution >= 0.6 is 0 Å². The summed E-state index contributed by atoms with van der Waals surface area (Å²) >= 11 is 0. The van der Waals surface area contributed by atoms with Gasteiger partial charge in [-0.15, -0.1) is 0 Å². The number of amides is 1. The average Bonchev–Trinajstić information content (AvgIpc) is 3.16. The molecule has 0 radical (unpaired) electrons. The van der Waals surface area contributed by atoms with Crippen molar-refractivity contribution in [3.8, 4) is 0 Å². The molecule has 0 atom stereocenters. The van der Waals surface area contributed by atoms with Crippen molar-refractivity contribution in [3.05, 3.63) is 36.1 Å². The molecular weight excluding hydrogens is 282 g/mol. The first kappa shape index (κ1) is 13.8. The van der Waals surface area contributed by atoms with Crippen molar-refractivity contribution in [1.29, 1.82) is 0 Å². The van der Waals surface area contributed by atoms with Crippen LogP contribution in [0.1, 0.15) is 18.4 Å². The standard InChI is InChI=1S/C17H19NO4/c19-16(11-13-12-20-15-4-2-1-3-14(13)15)18-7-5-17(6-8-18)21-9-10-22-17/h1-4,12H,5-11H2. The molecule has 2 aromatic rings. The molecule has 1 aromatic carbocycles. The van der Waals surface area contributed by atoms with Crippen molar-refractivity contribution in [2.24, 2.45) is 0 Å². The normalized spacial score (nSPS) is 20.8. The largest absolute Gasteiger partial charge is 0.464 e. The maximum absolute atomic E-state index is 12.5. The minimum absolute atomic E-state index is 0.138. The van der Waals surface area contributed by atoms with Crippen molar-refractivity contribution in [2.45, 2.75) is 25.0 Å². The molecule has 3 heterocycles. The van der Waals surface area contributed by atoms with E-state index in [4.69, 9.17) is 13.9 Å². The average molecular weight is 301 g/mol. The van der Waals surface area contributed by atoms with E-state index in [1.54, 1.807) is 6.26 Å². The highest BCUT2D eigenvalue weighted by molar-refractivity contribution is 5.87. The van der Waals surface area contributed by atoms with Crippen LogP contribution in [0.5, 0.6) is 0 Å². The van der Waals surface area contributed by atoms with E-state index >= 15 is 0 Å². The first-order valence-electron chi connectivity index (χ1n) is 7.77. The Morgan fingerprint density at radius 3 is 2.64 bits per heavy atom. The summed E-state index contributed by atoms with van der Waals surface area (Å²) in [6, 6.07) is 7.81. The molecule has 2 fully saturated rings. The van der Waals surface area contributed by atoms with Gasteiger partial charge in [0, 0.05) is 36.9 Å². The van der Waals surface area contributed by atoms with Gasteiger partial charge in [0.1, 0.15) is 5.58 Å². The van der Waals surface area contributed by atoms with Gasteiger partial charge < -0.3 is 18.8 Å². The van der Waals surface area contributed by atoms with E-state index in [1.165, 1.54) is 0 Å². The lowest BCUT2D eigenvalue weighted by Crippen LogP contribution is -2.47. The number of nitrogens with zero attached hydrogens (tertiary/aromatic N) is 1. The summed E-state index contributed by atoms with van der Waals surface area (Å²) in [5, 5.41) is 1.02. The Balaban J connectivity index is 1.42. The van der Waals surface area contributed by atoms with Gasteiger partial charge in [0.2, 0.25) is 5.91 Å². The van der Waals surface area contributed by atoms with Crippen molar-refractivity contribution in [1.82, 2.24) is 4.90 Å². The number of carbonyl (C=O) groups is 1. The second-order valence-electron chi connectivity index (χ2n) is 5.92. The molecule has 5 nitrogen and oxygen atoms in total. The Hall–Kier alpha value is -1.85. The minimum Gasteiger partial charge on any atom is -0.464 e. The zero-order valence-corrected chi connectivity index (χ0v) is 12.4. The van der Waals surface area contributed by atoms with Gasteiger partial charge in [0.15, 0.2) is 5.79 Å². The summed E-state index contributed by atoms with van der Waals surface area (Å²) in [5.41, 5.74) is 1.78. The third-order valence-electron chi connectivity index (χ3n) is 4.59. The zero-order chi connectivity index (χ0) is 15.0. The molecule has 1 amide bonds. The van der Waals surface area contributed by atoms with Crippen LogP contribution < -0.4 is 0 Å². The highest BCUT2D eigenvalue weighted by Crippen LogP contribution is 2.31. The van der Waals surface area contributed by atoms with E-state index in [2.05, 4.69) is 0 Å². The van der Waals surface area contributed by atoms with E-state index in [0.29, 0.717) is 32.7 Å². The van der Waals surface area contributed by atoms with Crippen LogP contribution in [0.15, 0.2) is 34.9 Å². The molecule has 5 heteroatoms. The van der Waals surface area contributed by atoms with E-state index in [0.717, 1.165) is 29.4 Å². The monoisotopic (exact) mass is 301 g/mol. The molecule has 4 rings (SSSR count). The Labute approximate surface area is 128 Å². The Bertz CT molecular complexity index is 677. The lowest BCUT2D eigenvalue weighted by molar-refractivity contribution is -0.187. The Kier molecular flexibility index (Phi) is 3.39. The van der Waals surface area contributed by atoms with Crippen LogP contribution in [-0.2, 0) is 20.7 Å². The molecule has 2 saturated heterocycles. The number of likely N-dealkylation sites (tertiary alicyclic amines) is 1. The fourth-order valence-electron chi connectivity index (χ4n) is 3.33. The third-order valence-corrected chi connectivity index (χ3v) is 4.59. The quantitative estimate of drug-likeness (QED) is 0.854. The second-order valence-corrected chi connectivity index (χ2v) is 5.92. The number of fused-ring (bicyclic) bond motifs is 1. The van der Waals surface area contributed by atoms with Gasteiger partial charge >= 0.3 is 0 Å². The summed E-state index contributed by atoms with van der Waals surface area (Å²) in [7, 11) is 0. The number of hydrogen-bond acceptors (Lipinski definition) is 4. The fraction of sp³-hybridized carbons (Fsp3) is 0.471. The number of carbonyl (C=O) groups excluding carboxylic acids is 1. The number of benzene rings is 1. The summed E-state index contributed by atoms with van der Waals surface area (Å²) < 4.78 is 16.9. The minimum atomic E-state index is -0.431. The molecule has 1 spiro atoms. The SMILES string of the molecule is O=C(Cc1coc2ccccc12)N1CCC2(CC1)OCCO2. The first-order chi connectivity index (χ1) is 10.8. The molecule has 2 aliphatic heterocycles. The van der Waals surface area contributed by atoms with E-state index in [9.17, 15) is 4.79 Å². The summed E-state index contributed by atoms with van der Waals surface area (Å²) in [6.07, 6.45) is 3.58. The van der Waals surface area contributed by atoms with Gasteiger partial charge in [-0.3, -0.25) is 4.79 Å². The molecule has 0 bridgehead atoms. The van der Waals surface area contributed by atoms with Gasteiger partial charge in [0.05, 0.1) is 25.9 Å². The number of furan rings is 1. The van der Waals surface area contributed by atoms with Gasteiger partial charge in [-0.25, -0.2) is 0 Å². The predicted molar refractivity (Wildman–Crippen MR) is 80.4 cm³/mol. The van der Waals surface area contributed by atoms with Gasteiger partial charge in [-0.1, -0.05) is 18.2 Å². The molecule has 0 aliphatic carbocycles. The molecule has 2 aliphatic rings. The number of hydrogen-bond donors (Lipinski definition) is 0. The molecule has 0 N–H and O–H groups in total. The van der Waals surface area contributed by atoms with Crippen LogP contribution in [0.3, 0.4) is 0 Å². The topological polar surface area (TPSA) is 51.9 Å². The van der Waals surface area contributed by atoms with Crippen LogP contribution in [0.25, 0.3) is 11.0 Å². The van der Waals surface area contributed by atoms with Crippen molar-refractivity contribution >= 4 is 16.9 Å². The lowest BCUT2D eigenvalue weighted by atomic mass is 10.0. The zero-order valence-electron chi connectivity index (χ0n) is 12.4. The number of ether oxygens (including phenoxy) is 2. The fourth-order valence-corrected chi connectivity index (χ4v) is 3.33. The Morgan fingerprint density at radius 1 is 1.14 bits per heavy atom. The summed E-state index contributed by atoms with van der Waals surface area (Å²) in [5.74, 6) is -0.293. The van der Waals surface area contributed by atoms with Crippen LogP contribution in [-0.4, -0.2) is 42.9 Å². The highest BCUT2D eigenvalue weighted by Gasteiger charge is 2.40. The van der Waals surface area contributed by atoms with Crippen molar-refractivity contribution in [2.75, 3.05) is 26.3 Å². The maximum atomic E-state index is 12.5. The maximum Gasteiger partial charge on any atom is 0.227 e. The molecule has 22 heavy (non-hydrogen) atoms. The van der Waals surface area contributed by atoms with Gasteiger partial charge in [-0.05, 0) is 6.07 Å². The van der Waals surface area contributed by atoms with Crippen molar-refractivity contribution in [3.63, 3.8) is 0 Å². The smallest absolute Gasteiger partial charge is 0.227 e. The predicted octanol–water partition coefficient (Wildman–Crippen LogP) is 2.34. The van der Waals surface area contributed by atoms with Gasteiger partial charge in [0.25, 0.3) is 0 Å². The third kappa shape index (κ3) is 2.40. The first-order valence-corrected chi connectivity index (χ1v) is 7.77. The van der Waals surface area contributed by atoms with E-state index in [1.807, 2.05) is 29.2 Å². The molecule has 116 valence electrons. The lowest BCUT2D eigenvalue weighted by Gasteiger charge is -2.37. The summed E-state index contributed by atoms with van der Waals surface area (Å²) in [4.78, 5) is 14.4. The molecule has 0 unspecified atom stereocenters. The number of rotatable bonds is 2. The number of piperidine rings is 1.